The molecule has 6 heteroatoms. The predicted octanol–water partition coefficient (Wildman–Crippen LogP) is 1.31. The third-order valence-corrected chi connectivity index (χ3v) is 6.08. The standard InChI is InChI=1S/C15H23N3O2S/c1-17-5-2-15(3-6-17)4-7-18(9-12(15)10-19)14(20)13-8-16-11-21-13/h8,11-12,19H,2-7,9-10H2,1H3. The van der Waals surface area contributed by atoms with Gasteiger partial charge in [0.05, 0.1) is 11.7 Å². The summed E-state index contributed by atoms with van der Waals surface area (Å²) in [6.07, 6.45) is 4.92. The molecule has 116 valence electrons. The minimum absolute atomic E-state index is 0.0683. The van der Waals surface area contributed by atoms with Gasteiger partial charge in [0.1, 0.15) is 4.88 Å². The minimum Gasteiger partial charge on any atom is -0.396 e. The summed E-state index contributed by atoms with van der Waals surface area (Å²) >= 11 is 1.39. The number of rotatable bonds is 2. The molecule has 2 aliphatic rings. The number of aliphatic hydroxyl groups is 1. The summed E-state index contributed by atoms with van der Waals surface area (Å²) in [6, 6.07) is 0. The van der Waals surface area contributed by atoms with Gasteiger partial charge in [-0.05, 0) is 44.8 Å². The van der Waals surface area contributed by atoms with Crippen LogP contribution >= 0.6 is 11.3 Å². The van der Waals surface area contributed by atoms with Crippen LogP contribution in [0, 0.1) is 11.3 Å². The Morgan fingerprint density at radius 1 is 1.43 bits per heavy atom. The average molecular weight is 309 g/mol. The Morgan fingerprint density at radius 2 is 2.14 bits per heavy atom. The van der Waals surface area contributed by atoms with E-state index >= 15 is 0 Å². The van der Waals surface area contributed by atoms with Crippen LogP contribution in [0.2, 0.25) is 0 Å². The van der Waals surface area contributed by atoms with Crippen LogP contribution in [-0.4, -0.2) is 65.6 Å². The van der Waals surface area contributed by atoms with Crippen molar-refractivity contribution in [2.24, 2.45) is 11.3 Å². The Morgan fingerprint density at radius 3 is 2.76 bits per heavy atom. The Bertz CT molecular complexity index is 483. The Kier molecular flexibility index (Phi) is 4.28. The first-order chi connectivity index (χ1) is 10.1. The molecule has 1 atom stereocenters. The fourth-order valence-electron chi connectivity index (χ4n) is 3.75. The number of likely N-dealkylation sites (tertiary alicyclic amines) is 2. The summed E-state index contributed by atoms with van der Waals surface area (Å²) < 4.78 is 0. The molecule has 1 N–H and O–H groups in total. The molecule has 3 rings (SSSR count). The van der Waals surface area contributed by atoms with Gasteiger partial charge in [-0.3, -0.25) is 9.78 Å². The highest BCUT2D eigenvalue weighted by Crippen LogP contribution is 2.45. The first kappa shape index (κ1) is 14.9. The van der Waals surface area contributed by atoms with E-state index in [1.54, 1.807) is 11.7 Å². The van der Waals surface area contributed by atoms with Gasteiger partial charge in [0.2, 0.25) is 0 Å². The van der Waals surface area contributed by atoms with Gasteiger partial charge in [-0.2, -0.15) is 0 Å². The van der Waals surface area contributed by atoms with Crippen LogP contribution in [0.4, 0.5) is 0 Å². The first-order valence-electron chi connectivity index (χ1n) is 7.62. The molecule has 0 aliphatic carbocycles. The molecule has 2 aliphatic heterocycles. The number of hydrogen-bond donors (Lipinski definition) is 1. The Hall–Kier alpha value is -0.980. The van der Waals surface area contributed by atoms with Gasteiger partial charge in [0.25, 0.3) is 5.91 Å². The molecule has 1 amide bonds. The lowest BCUT2D eigenvalue weighted by molar-refractivity contribution is -0.0312. The maximum absolute atomic E-state index is 12.5. The van der Waals surface area contributed by atoms with Gasteiger partial charge >= 0.3 is 0 Å². The highest BCUT2D eigenvalue weighted by molar-refractivity contribution is 7.11. The second-order valence-electron chi connectivity index (χ2n) is 6.41. The van der Waals surface area contributed by atoms with Crippen LogP contribution < -0.4 is 0 Å². The van der Waals surface area contributed by atoms with Crippen molar-refractivity contribution in [2.45, 2.75) is 19.3 Å². The third kappa shape index (κ3) is 2.84. The topological polar surface area (TPSA) is 56.7 Å². The van der Waals surface area contributed by atoms with Crippen molar-refractivity contribution < 1.29 is 9.90 Å². The molecular weight excluding hydrogens is 286 g/mol. The monoisotopic (exact) mass is 309 g/mol. The highest BCUT2D eigenvalue weighted by atomic mass is 32.1. The van der Waals surface area contributed by atoms with Gasteiger partial charge in [0.15, 0.2) is 0 Å². The summed E-state index contributed by atoms with van der Waals surface area (Å²) in [6.45, 7) is 3.85. The zero-order chi connectivity index (χ0) is 14.9. The van der Waals surface area contributed by atoms with Crippen molar-refractivity contribution in [2.75, 3.05) is 39.8 Å². The number of nitrogens with zero attached hydrogens (tertiary/aromatic N) is 3. The summed E-state index contributed by atoms with van der Waals surface area (Å²) in [4.78, 5) is 21.4. The fraction of sp³-hybridized carbons (Fsp3) is 0.733. The van der Waals surface area contributed by atoms with E-state index in [9.17, 15) is 9.90 Å². The van der Waals surface area contributed by atoms with Crippen LogP contribution in [0.15, 0.2) is 11.7 Å². The average Bonchev–Trinajstić information content (AvgIpc) is 3.04. The van der Waals surface area contributed by atoms with E-state index in [1.807, 2.05) is 4.90 Å². The van der Waals surface area contributed by atoms with E-state index in [1.165, 1.54) is 11.3 Å². The number of amides is 1. The van der Waals surface area contributed by atoms with E-state index in [0.29, 0.717) is 11.4 Å². The molecule has 1 aromatic heterocycles. The highest BCUT2D eigenvalue weighted by Gasteiger charge is 2.45. The normalized spacial score (nSPS) is 26.2. The fourth-order valence-corrected chi connectivity index (χ4v) is 4.33. The first-order valence-corrected chi connectivity index (χ1v) is 8.50. The van der Waals surface area contributed by atoms with E-state index in [0.717, 1.165) is 38.9 Å². The molecule has 2 fully saturated rings. The molecule has 0 aromatic carbocycles. The van der Waals surface area contributed by atoms with Gasteiger partial charge in [-0.1, -0.05) is 0 Å². The van der Waals surface area contributed by atoms with Crippen molar-refractivity contribution in [1.29, 1.82) is 0 Å². The lowest BCUT2D eigenvalue weighted by Crippen LogP contribution is -2.54. The number of carbonyl (C=O) groups is 1. The molecule has 1 unspecified atom stereocenters. The quantitative estimate of drug-likeness (QED) is 0.895. The molecule has 3 heterocycles. The molecule has 21 heavy (non-hydrogen) atoms. The van der Waals surface area contributed by atoms with Crippen LogP contribution in [0.25, 0.3) is 0 Å². The lowest BCUT2D eigenvalue weighted by Gasteiger charge is -2.51. The Balaban J connectivity index is 1.70. The summed E-state index contributed by atoms with van der Waals surface area (Å²) in [5.41, 5.74) is 1.92. The summed E-state index contributed by atoms with van der Waals surface area (Å²) in [7, 11) is 2.16. The molecular formula is C15H23N3O2S. The molecule has 2 saturated heterocycles. The van der Waals surface area contributed by atoms with Crippen molar-refractivity contribution >= 4 is 17.2 Å². The van der Waals surface area contributed by atoms with Gasteiger partial charge in [0, 0.05) is 25.6 Å². The molecule has 1 aromatic rings. The third-order valence-electron chi connectivity index (χ3n) is 5.32. The molecule has 5 nitrogen and oxygen atoms in total. The van der Waals surface area contributed by atoms with E-state index < -0.39 is 0 Å². The summed E-state index contributed by atoms with van der Waals surface area (Å²) in [5, 5.41) is 9.84. The predicted molar refractivity (Wildman–Crippen MR) is 82.4 cm³/mol. The second-order valence-corrected chi connectivity index (χ2v) is 7.30. The number of hydrogen-bond acceptors (Lipinski definition) is 5. The van der Waals surface area contributed by atoms with E-state index in [4.69, 9.17) is 0 Å². The summed E-state index contributed by atoms with van der Waals surface area (Å²) in [5.74, 6) is 0.274. The van der Waals surface area contributed by atoms with E-state index in [-0.39, 0.29) is 23.8 Å². The number of aliphatic hydroxyl groups excluding tert-OH is 1. The van der Waals surface area contributed by atoms with Crippen LogP contribution in [-0.2, 0) is 0 Å². The Labute approximate surface area is 129 Å². The van der Waals surface area contributed by atoms with Gasteiger partial charge in [-0.25, -0.2) is 0 Å². The minimum atomic E-state index is 0.0683. The zero-order valence-corrected chi connectivity index (χ0v) is 13.3. The zero-order valence-electron chi connectivity index (χ0n) is 12.5. The molecule has 1 spiro atoms. The number of carbonyl (C=O) groups excluding carboxylic acids is 1. The van der Waals surface area contributed by atoms with Gasteiger partial charge < -0.3 is 14.9 Å². The van der Waals surface area contributed by atoms with Crippen LogP contribution in [0.5, 0.6) is 0 Å². The van der Waals surface area contributed by atoms with Crippen molar-refractivity contribution in [3.05, 3.63) is 16.6 Å². The number of aromatic nitrogens is 1. The van der Waals surface area contributed by atoms with Crippen LogP contribution in [0.3, 0.4) is 0 Å². The van der Waals surface area contributed by atoms with Crippen LogP contribution in [0.1, 0.15) is 28.9 Å². The maximum Gasteiger partial charge on any atom is 0.265 e. The number of thiazole rings is 1. The van der Waals surface area contributed by atoms with Gasteiger partial charge in [-0.15, -0.1) is 11.3 Å². The second kappa shape index (κ2) is 6.02. The molecule has 0 radical (unpaired) electrons. The van der Waals surface area contributed by atoms with Crippen molar-refractivity contribution in [1.82, 2.24) is 14.8 Å². The smallest absolute Gasteiger partial charge is 0.265 e. The molecule has 0 saturated carbocycles. The lowest BCUT2D eigenvalue weighted by atomic mass is 9.64. The SMILES string of the molecule is CN1CCC2(CC1)CCN(C(=O)c1cncs1)CC2CO. The molecule has 0 bridgehead atoms. The number of piperidine rings is 2. The van der Waals surface area contributed by atoms with E-state index in [2.05, 4.69) is 16.9 Å². The maximum atomic E-state index is 12.5. The van der Waals surface area contributed by atoms with Crippen molar-refractivity contribution in [3.63, 3.8) is 0 Å². The van der Waals surface area contributed by atoms with Crippen molar-refractivity contribution in [3.8, 4) is 0 Å². The largest absolute Gasteiger partial charge is 0.396 e.